The van der Waals surface area contributed by atoms with Crippen LogP contribution >= 0.6 is 0 Å². The standard InChI is InChI=1S/C24H24N6O/c25-9-1-2-18-3-5-19(6-4-18)7-8-20-14-22(21-16-27-24(26)28-17-21)29-23(15-20)30-10-12-31-13-11-30/h1,3-6,9,14-17H,2,10-13,25H2,(H2,26,27,28). The highest BCUT2D eigenvalue weighted by Crippen LogP contribution is 2.23. The SMILES string of the molecule is NC=CCc1ccc(C#Cc2cc(-c3cnc(N)nc3)nc(N3CCOCC3)c2)cc1. The van der Waals surface area contributed by atoms with E-state index in [2.05, 4.69) is 38.8 Å². The second-order valence-corrected chi connectivity index (χ2v) is 7.11. The summed E-state index contributed by atoms with van der Waals surface area (Å²) >= 11 is 0. The number of nitrogens with zero attached hydrogens (tertiary/aromatic N) is 4. The summed E-state index contributed by atoms with van der Waals surface area (Å²) in [6.07, 6.45) is 7.66. The Kier molecular flexibility index (Phi) is 6.41. The number of nitrogen functional groups attached to an aromatic ring is 1. The van der Waals surface area contributed by atoms with Crippen LogP contribution < -0.4 is 16.4 Å². The van der Waals surface area contributed by atoms with E-state index in [-0.39, 0.29) is 5.95 Å². The minimum Gasteiger partial charge on any atom is -0.405 e. The van der Waals surface area contributed by atoms with Crippen molar-refractivity contribution in [3.63, 3.8) is 0 Å². The number of rotatable bonds is 4. The maximum Gasteiger partial charge on any atom is 0.219 e. The third kappa shape index (κ3) is 5.38. The summed E-state index contributed by atoms with van der Waals surface area (Å²) in [5, 5.41) is 0. The summed E-state index contributed by atoms with van der Waals surface area (Å²) in [6, 6.07) is 12.1. The van der Waals surface area contributed by atoms with Crippen molar-refractivity contribution < 1.29 is 4.74 Å². The molecule has 7 nitrogen and oxygen atoms in total. The lowest BCUT2D eigenvalue weighted by atomic mass is 10.1. The molecule has 1 aromatic carbocycles. The molecule has 0 atom stereocenters. The van der Waals surface area contributed by atoms with E-state index in [4.69, 9.17) is 21.2 Å². The molecule has 0 aliphatic carbocycles. The van der Waals surface area contributed by atoms with Crippen LogP contribution in [0.4, 0.5) is 11.8 Å². The highest BCUT2D eigenvalue weighted by molar-refractivity contribution is 5.64. The van der Waals surface area contributed by atoms with Crippen molar-refractivity contribution in [1.29, 1.82) is 0 Å². The van der Waals surface area contributed by atoms with Gasteiger partial charge in [0.05, 0.1) is 18.9 Å². The van der Waals surface area contributed by atoms with E-state index in [1.54, 1.807) is 18.6 Å². The van der Waals surface area contributed by atoms with Crippen molar-refractivity contribution in [2.45, 2.75) is 6.42 Å². The Balaban J connectivity index is 1.65. The molecule has 1 aliphatic rings. The first-order valence-electron chi connectivity index (χ1n) is 10.1. The van der Waals surface area contributed by atoms with Gasteiger partial charge in [-0.2, -0.15) is 0 Å². The van der Waals surface area contributed by atoms with E-state index < -0.39 is 0 Å². The third-order valence-electron chi connectivity index (χ3n) is 4.91. The number of benzene rings is 1. The van der Waals surface area contributed by atoms with Crippen LogP contribution in [0, 0.1) is 11.8 Å². The van der Waals surface area contributed by atoms with Crippen LogP contribution in [0.15, 0.2) is 61.1 Å². The Morgan fingerprint density at radius 2 is 1.71 bits per heavy atom. The fraction of sp³-hybridized carbons (Fsp3) is 0.208. The van der Waals surface area contributed by atoms with Crippen LogP contribution in [-0.2, 0) is 11.2 Å². The average molecular weight is 412 g/mol. The van der Waals surface area contributed by atoms with Gasteiger partial charge in [-0.3, -0.25) is 0 Å². The normalized spacial score (nSPS) is 13.7. The number of allylic oxidation sites excluding steroid dienone is 1. The number of hydrogen-bond donors (Lipinski definition) is 2. The molecule has 1 aliphatic heterocycles. The molecule has 0 bridgehead atoms. The molecule has 0 unspecified atom stereocenters. The first-order valence-corrected chi connectivity index (χ1v) is 10.1. The van der Waals surface area contributed by atoms with Gasteiger partial charge >= 0.3 is 0 Å². The van der Waals surface area contributed by atoms with Gasteiger partial charge in [0.25, 0.3) is 0 Å². The predicted octanol–water partition coefficient (Wildman–Crippen LogP) is 2.37. The molecular weight excluding hydrogens is 388 g/mol. The van der Waals surface area contributed by atoms with Crippen LogP contribution in [0.3, 0.4) is 0 Å². The minimum atomic E-state index is 0.235. The van der Waals surface area contributed by atoms with Gasteiger partial charge in [0, 0.05) is 42.2 Å². The lowest BCUT2D eigenvalue weighted by Gasteiger charge is -2.28. The zero-order valence-electron chi connectivity index (χ0n) is 17.2. The van der Waals surface area contributed by atoms with E-state index >= 15 is 0 Å². The van der Waals surface area contributed by atoms with Gasteiger partial charge in [0.1, 0.15) is 5.82 Å². The molecule has 0 amide bonds. The fourth-order valence-corrected chi connectivity index (χ4v) is 3.23. The summed E-state index contributed by atoms with van der Waals surface area (Å²) < 4.78 is 5.48. The van der Waals surface area contributed by atoms with Crippen molar-refractivity contribution in [2.75, 3.05) is 36.9 Å². The van der Waals surface area contributed by atoms with Gasteiger partial charge in [-0.15, -0.1) is 0 Å². The smallest absolute Gasteiger partial charge is 0.219 e. The lowest BCUT2D eigenvalue weighted by Crippen LogP contribution is -2.36. The van der Waals surface area contributed by atoms with E-state index in [9.17, 15) is 0 Å². The number of morpholine rings is 1. The molecule has 4 rings (SSSR count). The van der Waals surface area contributed by atoms with Gasteiger partial charge in [-0.25, -0.2) is 15.0 Å². The van der Waals surface area contributed by atoms with Crippen LogP contribution in [0.2, 0.25) is 0 Å². The summed E-state index contributed by atoms with van der Waals surface area (Å²) in [4.78, 5) is 15.2. The number of aromatic nitrogens is 3. The molecule has 3 aromatic rings. The van der Waals surface area contributed by atoms with E-state index in [0.29, 0.717) is 13.2 Å². The molecule has 1 fully saturated rings. The Morgan fingerprint density at radius 1 is 1.00 bits per heavy atom. The maximum atomic E-state index is 5.63. The molecule has 0 radical (unpaired) electrons. The second kappa shape index (κ2) is 9.74. The van der Waals surface area contributed by atoms with Crippen molar-refractivity contribution in [1.82, 2.24) is 15.0 Å². The predicted molar refractivity (Wildman–Crippen MR) is 122 cm³/mol. The van der Waals surface area contributed by atoms with Crippen LogP contribution in [0.5, 0.6) is 0 Å². The Hall–Kier alpha value is -3.89. The minimum absolute atomic E-state index is 0.235. The van der Waals surface area contributed by atoms with E-state index in [0.717, 1.165) is 47.7 Å². The monoisotopic (exact) mass is 412 g/mol. The summed E-state index contributed by atoms with van der Waals surface area (Å²) in [6.45, 7) is 2.95. The zero-order valence-corrected chi connectivity index (χ0v) is 17.2. The molecular formula is C24H24N6O. The second-order valence-electron chi connectivity index (χ2n) is 7.11. The highest BCUT2D eigenvalue weighted by atomic mass is 16.5. The number of nitrogens with two attached hydrogens (primary N) is 2. The average Bonchev–Trinajstić information content (AvgIpc) is 2.83. The first-order chi connectivity index (χ1) is 15.2. The third-order valence-corrected chi connectivity index (χ3v) is 4.91. The van der Waals surface area contributed by atoms with Gasteiger partial charge in [-0.05, 0) is 42.4 Å². The molecule has 0 saturated carbocycles. The first kappa shape index (κ1) is 20.4. The fourth-order valence-electron chi connectivity index (χ4n) is 3.23. The topological polar surface area (TPSA) is 103 Å². The summed E-state index contributed by atoms with van der Waals surface area (Å²) in [5.74, 6) is 7.63. The van der Waals surface area contributed by atoms with Crippen LogP contribution in [0.25, 0.3) is 11.3 Å². The van der Waals surface area contributed by atoms with Crippen LogP contribution in [-0.4, -0.2) is 41.3 Å². The van der Waals surface area contributed by atoms with Gasteiger partial charge in [-0.1, -0.05) is 30.0 Å². The van der Waals surface area contributed by atoms with Crippen molar-refractivity contribution in [3.8, 4) is 23.1 Å². The van der Waals surface area contributed by atoms with Crippen LogP contribution in [0.1, 0.15) is 16.7 Å². The van der Waals surface area contributed by atoms with Gasteiger partial charge in [0.15, 0.2) is 0 Å². The lowest BCUT2D eigenvalue weighted by molar-refractivity contribution is 0.122. The molecule has 0 spiro atoms. The van der Waals surface area contributed by atoms with Gasteiger partial charge < -0.3 is 21.1 Å². The molecule has 2 aromatic heterocycles. The number of anilines is 2. The Morgan fingerprint density at radius 3 is 2.42 bits per heavy atom. The maximum absolute atomic E-state index is 5.63. The number of ether oxygens (including phenoxy) is 1. The Labute approximate surface area is 181 Å². The van der Waals surface area contributed by atoms with Crippen molar-refractivity contribution in [2.24, 2.45) is 5.73 Å². The molecule has 156 valence electrons. The summed E-state index contributed by atoms with van der Waals surface area (Å²) in [5.41, 5.74) is 15.6. The summed E-state index contributed by atoms with van der Waals surface area (Å²) in [7, 11) is 0. The molecule has 31 heavy (non-hydrogen) atoms. The van der Waals surface area contributed by atoms with E-state index in [1.165, 1.54) is 5.56 Å². The Bertz CT molecular complexity index is 1110. The molecule has 4 N–H and O–H groups in total. The molecule has 1 saturated heterocycles. The molecule has 3 heterocycles. The zero-order chi connectivity index (χ0) is 21.5. The number of hydrogen-bond acceptors (Lipinski definition) is 7. The largest absolute Gasteiger partial charge is 0.405 e. The van der Waals surface area contributed by atoms with Crippen molar-refractivity contribution >= 4 is 11.8 Å². The molecule has 7 heteroatoms. The quantitative estimate of drug-likeness (QED) is 0.634. The van der Waals surface area contributed by atoms with Crippen molar-refractivity contribution in [3.05, 3.63) is 77.8 Å². The highest BCUT2D eigenvalue weighted by Gasteiger charge is 2.15. The number of pyridine rings is 1. The van der Waals surface area contributed by atoms with E-state index in [1.807, 2.05) is 30.3 Å². The van der Waals surface area contributed by atoms with Gasteiger partial charge in [0.2, 0.25) is 5.95 Å².